The van der Waals surface area contributed by atoms with E-state index < -0.39 is 0 Å². The largest absolute Gasteiger partial charge is 0.350 e. The van der Waals surface area contributed by atoms with Gasteiger partial charge in [-0.1, -0.05) is 11.6 Å². The number of hydrogen-bond donors (Lipinski definition) is 2. The van der Waals surface area contributed by atoms with Crippen LogP contribution in [0, 0.1) is 0 Å². The standard InChI is InChI=1S/C17H28N4O/c1-13(2)6-4-7-14(3)20-15-8-5-11-21(12-15)16-17(22)19-10-9-18-16/h6,9-10,14-15,20H,4-5,7-8,11-12H2,1-3H3,(H,19,22)/t14-,15-/m1/s1. The Kier molecular flexibility index (Phi) is 6.19. The van der Waals surface area contributed by atoms with Crippen LogP contribution in [0.1, 0.15) is 46.5 Å². The third-order valence-corrected chi connectivity index (χ3v) is 4.08. The molecule has 0 spiro atoms. The summed E-state index contributed by atoms with van der Waals surface area (Å²) in [5.41, 5.74) is 1.28. The zero-order chi connectivity index (χ0) is 15.9. The second-order valence-electron chi connectivity index (χ2n) is 6.45. The Morgan fingerprint density at radius 2 is 2.41 bits per heavy atom. The van der Waals surface area contributed by atoms with Crippen molar-refractivity contribution < 1.29 is 0 Å². The van der Waals surface area contributed by atoms with E-state index in [0.717, 1.165) is 38.8 Å². The summed E-state index contributed by atoms with van der Waals surface area (Å²) in [6.07, 6.45) is 10.0. The molecule has 1 aromatic heterocycles. The number of aromatic amines is 1. The predicted molar refractivity (Wildman–Crippen MR) is 91.4 cm³/mol. The van der Waals surface area contributed by atoms with Gasteiger partial charge in [0.05, 0.1) is 0 Å². The minimum Gasteiger partial charge on any atom is -0.350 e. The highest BCUT2D eigenvalue weighted by Crippen LogP contribution is 2.15. The molecule has 2 atom stereocenters. The van der Waals surface area contributed by atoms with Crippen molar-refractivity contribution in [3.63, 3.8) is 0 Å². The number of allylic oxidation sites excluding steroid dienone is 2. The number of hydrogen-bond acceptors (Lipinski definition) is 4. The maximum Gasteiger partial charge on any atom is 0.290 e. The molecule has 1 aliphatic rings. The van der Waals surface area contributed by atoms with Crippen LogP contribution in [0.2, 0.25) is 0 Å². The fraction of sp³-hybridized carbons (Fsp3) is 0.647. The molecule has 5 nitrogen and oxygen atoms in total. The van der Waals surface area contributed by atoms with E-state index in [9.17, 15) is 4.79 Å². The molecule has 122 valence electrons. The lowest BCUT2D eigenvalue weighted by Gasteiger charge is -2.35. The first kappa shape index (κ1) is 16.7. The Labute approximate surface area is 132 Å². The van der Waals surface area contributed by atoms with Gasteiger partial charge in [0, 0.05) is 37.6 Å². The molecular formula is C17H28N4O. The lowest BCUT2D eigenvalue weighted by Crippen LogP contribution is -2.49. The molecule has 1 aliphatic heterocycles. The van der Waals surface area contributed by atoms with Crippen LogP contribution in [0.5, 0.6) is 0 Å². The van der Waals surface area contributed by atoms with Gasteiger partial charge in [0.1, 0.15) is 0 Å². The summed E-state index contributed by atoms with van der Waals surface area (Å²) in [6, 6.07) is 0.916. The van der Waals surface area contributed by atoms with Crippen LogP contribution < -0.4 is 15.8 Å². The average molecular weight is 304 g/mol. The van der Waals surface area contributed by atoms with Gasteiger partial charge in [-0.2, -0.15) is 0 Å². The molecule has 0 aliphatic carbocycles. The van der Waals surface area contributed by atoms with Gasteiger partial charge in [-0.25, -0.2) is 4.98 Å². The number of H-pyrrole nitrogens is 1. The fourth-order valence-electron chi connectivity index (χ4n) is 2.98. The zero-order valence-electron chi connectivity index (χ0n) is 13.9. The molecule has 0 bridgehead atoms. The van der Waals surface area contributed by atoms with Crippen molar-refractivity contribution in [1.29, 1.82) is 0 Å². The van der Waals surface area contributed by atoms with E-state index >= 15 is 0 Å². The van der Waals surface area contributed by atoms with Crippen LogP contribution in [0.25, 0.3) is 0 Å². The van der Waals surface area contributed by atoms with Gasteiger partial charge in [0.2, 0.25) is 0 Å². The SMILES string of the molecule is CC(C)=CCC[C@@H](C)N[C@@H]1CCCN(c2ncc[nH]c2=O)C1. The Morgan fingerprint density at radius 3 is 3.14 bits per heavy atom. The summed E-state index contributed by atoms with van der Waals surface area (Å²) in [5.74, 6) is 0.547. The lowest BCUT2D eigenvalue weighted by atomic mass is 10.0. The average Bonchev–Trinajstić information content (AvgIpc) is 2.47. The minimum atomic E-state index is -0.0974. The summed E-state index contributed by atoms with van der Waals surface area (Å²) in [4.78, 5) is 20.9. The highest BCUT2D eigenvalue weighted by atomic mass is 16.1. The normalized spacial score (nSPS) is 19.8. The first-order valence-electron chi connectivity index (χ1n) is 8.24. The van der Waals surface area contributed by atoms with E-state index in [1.54, 1.807) is 12.4 Å². The van der Waals surface area contributed by atoms with Crippen molar-refractivity contribution in [2.45, 2.75) is 58.5 Å². The molecule has 1 saturated heterocycles. The topological polar surface area (TPSA) is 61.0 Å². The third kappa shape index (κ3) is 4.98. The third-order valence-electron chi connectivity index (χ3n) is 4.08. The summed E-state index contributed by atoms with van der Waals surface area (Å²) in [5, 5.41) is 3.70. The fourth-order valence-corrected chi connectivity index (χ4v) is 2.98. The quantitative estimate of drug-likeness (QED) is 0.793. The Morgan fingerprint density at radius 1 is 1.59 bits per heavy atom. The van der Waals surface area contributed by atoms with E-state index in [2.05, 4.69) is 47.0 Å². The van der Waals surface area contributed by atoms with E-state index in [4.69, 9.17) is 0 Å². The molecular weight excluding hydrogens is 276 g/mol. The van der Waals surface area contributed by atoms with Crippen LogP contribution in [0.4, 0.5) is 5.82 Å². The highest BCUT2D eigenvalue weighted by molar-refractivity contribution is 5.36. The number of piperidine rings is 1. The smallest absolute Gasteiger partial charge is 0.290 e. The van der Waals surface area contributed by atoms with Crippen LogP contribution in [-0.2, 0) is 0 Å². The number of nitrogens with one attached hydrogen (secondary N) is 2. The number of aromatic nitrogens is 2. The van der Waals surface area contributed by atoms with E-state index in [-0.39, 0.29) is 5.56 Å². The summed E-state index contributed by atoms with van der Waals surface area (Å²) < 4.78 is 0. The van der Waals surface area contributed by atoms with Crippen molar-refractivity contribution in [3.05, 3.63) is 34.4 Å². The van der Waals surface area contributed by atoms with Gasteiger partial charge in [0.25, 0.3) is 5.56 Å². The molecule has 0 radical (unpaired) electrons. The van der Waals surface area contributed by atoms with Gasteiger partial charge in [-0.05, 0) is 46.5 Å². The van der Waals surface area contributed by atoms with Gasteiger partial charge in [-0.15, -0.1) is 0 Å². The molecule has 0 amide bonds. The first-order valence-corrected chi connectivity index (χ1v) is 8.24. The van der Waals surface area contributed by atoms with Gasteiger partial charge in [0.15, 0.2) is 5.82 Å². The van der Waals surface area contributed by atoms with E-state index in [1.165, 1.54) is 5.57 Å². The minimum absolute atomic E-state index is 0.0974. The number of nitrogens with zero attached hydrogens (tertiary/aromatic N) is 2. The van der Waals surface area contributed by atoms with Gasteiger partial charge < -0.3 is 15.2 Å². The monoisotopic (exact) mass is 304 g/mol. The van der Waals surface area contributed by atoms with E-state index in [1.807, 2.05) is 0 Å². The van der Waals surface area contributed by atoms with Crippen molar-refractivity contribution >= 4 is 5.82 Å². The summed E-state index contributed by atoms with van der Waals surface area (Å²) in [7, 11) is 0. The van der Waals surface area contributed by atoms with Crippen molar-refractivity contribution in [2.24, 2.45) is 0 Å². The molecule has 0 saturated carbocycles. The van der Waals surface area contributed by atoms with Crippen LogP contribution in [0.3, 0.4) is 0 Å². The Balaban J connectivity index is 1.87. The lowest BCUT2D eigenvalue weighted by molar-refractivity contribution is 0.373. The van der Waals surface area contributed by atoms with Crippen LogP contribution in [0.15, 0.2) is 28.8 Å². The maximum atomic E-state index is 11.9. The Bertz CT molecular complexity index is 548. The summed E-state index contributed by atoms with van der Waals surface area (Å²) in [6.45, 7) is 8.28. The molecule has 0 aromatic carbocycles. The second kappa shape index (κ2) is 8.13. The molecule has 1 fully saturated rings. The first-order chi connectivity index (χ1) is 10.6. The molecule has 2 heterocycles. The van der Waals surface area contributed by atoms with Crippen LogP contribution in [-0.4, -0.2) is 35.1 Å². The highest BCUT2D eigenvalue weighted by Gasteiger charge is 2.23. The van der Waals surface area contributed by atoms with Crippen LogP contribution >= 0.6 is 0 Å². The summed E-state index contributed by atoms with van der Waals surface area (Å²) >= 11 is 0. The molecule has 2 N–H and O–H groups in total. The molecule has 2 rings (SSSR count). The molecule has 5 heteroatoms. The number of anilines is 1. The maximum absolute atomic E-state index is 11.9. The zero-order valence-corrected chi connectivity index (χ0v) is 13.9. The van der Waals surface area contributed by atoms with E-state index in [0.29, 0.717) is 17.9 Å². The second-order valence-corrected chi connectivity index (χ2v) is 6.45. The van der Waals surface area contributed by atoms with Crippen molar-refractivity contribution in [2.75, 3.05) is 18.0 Å². The predicted octanol–water partition coefficient (Wildman–Crippen LogP) is 2.46. The molecule has 1 aromatic rings. The van der Waals surface area contributed by atoms with Crippen molar-refractivity contribution in [3.8, 4) is 0 Å². The Hall–Kier alpha value is -1.62. The van der Waals surface area contributed by atoms with Gasteiger partial charge in [-0.3, -0.25) is 4.79 Å². The van der Waals surface area contributed by atoms with Crippen molar-refractivity contribution in [1.82, 2.24) is 15.3 Å². The number of rotatable bonds is 6. The molecule has 0 unspecified atom stereocenters. The van der Waals surface area contributed by atoms with Gasteiger partial charge >= 0.3 is 0 Å². The molecule has 22 heavy (non-hydrogen) atoms.